The molecule has 5 heteroatoms. The summed E-state index contributed by atoms with van der Waals surface area (Å²) in [5.41, 5.74) is 1.33. The minimum atomic E-state index is 0. The highest BCUT2D eigenvalue weighted by molar-refractivity contribution is 14.0. The Balaban J connectivity index is 0.00000264. The van der Waals surface area contributed by atoms with E-state index in [1.54, 1.807) is 7.11 Å². The molecule has 23 heavy (non-hydrogen) atoms. The fourth-order valence-electron chi connectivity index (χ4n) is 2.51. The zero-order chi connectivity index (χ0) is 15.6. The molecule has 0 radical (unpaired) electrons. The number of nitrogens with one attached hydrogen (secondary N) is 2. The maximum atomic E-state index is 5.17. The van der Waals surface area contributed by atoms with E-state index in [0.717, 1.165) is 50.5 Å². The molecule has 0 aromatic heterocycles. The normalized spacial score (nSPS) is 14.4. The van der Waals surface area contributed by atoms with Gasteiger partial charge in [-0.1, -0.05) is 24.3 Å². The molecule has 0 fully saturated rings. The van der Waals surface area contributed by atoms with Gasteiger partial charge in [-0.05, 0) is 50.3 Å². The minimum Gasteiger partial charge on any atom is -0.497 e. The summed E-state index contributed by atoms with van der Waals surface area (Å²) in [5.74, 6) is 1.84. The smallest absolute Gasteiger partial charge is 0.191 e. The van der Waals surface area contributed by atoms with Gasteiger partial charge < -0.3 is 15.4 Å². The lowest BCUT2D eigenvalue weighted by atomic mass is 10.1. The summed E-state index contributed by atoms with van der Waals surface area (Å²) < 4.78 is 5.17. The predicted molar refractivity (Wildman–Crippen MR) is 108 cm³/mol. The topological polar surface area (TPSA) is 45.7 Å². The summed E-state index contributed by atoms with van der Waals surface area (Å²) in [6, 6.07) is 8.76. The highest BCUT2D eigenvalue weighted by atomic mass is 127. The molecule has 2 rings (SSSR count). The third-order valence-corrected chi connectivity index (χ3v) is 3.75. The van der Waals surface area contributed by atoms with Gasteiger partial charge in [0.05, 0.1) is 7.11 Å². The molecule has 1 aromatic rings. The lowest BCUT2D eigenvalue weighted by Crippen LogP contribution is -2.42. The van der Waals surface area contributed by atoms with Crippen molar-refractivity contribution in [2.45, 2.75) is 38.6 Å². The van der Waals surface area contributed by atoms with Gasteiger partial charge in [-0.3, -0.25) is 4.99 Å². The van der Waals surface area contributed by atoms with Gasteiger partial charge in [0.15, 0.2) is 5.96 Å². The highest BCUT2D eigenvalue weighted by Gasteiger charge is 2.11. The summed E-state index contributed by atoms with van der Waals surface area (Å²) in [6.07, 6.45) is 8.73. The second kappa shape index (κ2) is 11.3. The molecule has 1 aromatic carbocycles. The van der Waals surface area contributed by atoms with Crippen LogP contribution >= 0.6 is 24.0 Å². The average Bonchev–Trinajstić information content (AvgIpc) is 3.05. The maximum Gasteiger partial charge on any atom is 0.191 e. The van der Waals surface area contributed by atoms with E-state index in [9.17, 15) is 0 Å². The number of ether oxygens (including phenoxy) is 1. The number of benzene rings is 1. The Morgan fingerprint density at radius 1 is 1.22 bits per heavy atom. The van der Waals surface area contributed by atoms with Gasteiger partial charge in [0.2, 0.25) is 0 Å². The van der Waals surface area contributed by atoms with Crippen LogP contribution < -0.4 is 15.4 Å². The molecule has 2 N–H and O–H groups in total. The third-order valence-electron chi connectivity index (χ3n) is 3.75. The fraction of sp³-hybridized carbons (Fsp3) is 0.500. The van der Waals surface area contributed by atoms with E-state index >= 15 is 0 Å². The van der Waals surface area contributed by atoms with Crippen LogP contribution in [-0.2, 0) is 6.42 Å². The molecule has 0 amide bonds. The second-order valence-electron chi connectivity index (χ2n) is 5.50. The first kappa shape index (κ1) is 19.8. The van der Waals surface area contributed by atoms with Gasteiger partial charge in [-0.25, -0.2) is 0 Å². The SMILES string of the molecule is CCNC(=NCCCc1ccc(OC)cc1)NC1CC=CC1.I. The zero-order valence-electron chi connectivity index (χ0n) is 14.0. The van der Waals surface area contributed by atoms with Crippen molar-refractivity contribution in [2.75, 3.05) is 20.2 Å². The molecule has 0 spiro atoms. The highest BCUT2D eigenvalue weighted by Crippen LogP contribution is 2.12. The number of nitrogens with zero attached hydrogens (tertiary/aromatic N) is 1. The Bertz CT molecular complexity index is 491. The van der Waals surface area contributed by atoms with Crippen LogP contribution in [0.1, 0.15) is 31.7 Å². The molecule has 1 aliphatic carbocycles. The first-order chi connectivity index (χ1) is 10.8. The maximum absolute atomic E-state index is 5.17. The Morgan fingerprint density at radius 2 is 1.91 bits per heavy atom. The number of aryl methyl sites for hydroxylation is 1. The standard InChI is InChI=1S/C18H27N3O.HI/c1-3-19-18(21-16-8-4-5-9-16)20-14-6-7-15-10-12-17(22-2)13-11-15;/h4-5,10-13,16H,3,6-9,14H2,1-2H3,(H2,19,20,21);1H. The molecule has 0 atom stereocenters. The molecule has 0 bridgehead atoms. The molecule has 4 nitrogen and oxygen atoms in total. The summed E-state index contributed by atoms with van der Waals surface area (Å²) in [5, 5.41) is 6.81. The van der Waals surface area contributed by atoms with Gasteiger partial charge >= 0.3 is 0 Å². The number of guanidine groups is 1. The van der Waals surface area contributed by atoms with Crippen molar-refractivity contribution in [2.24, 2.45) is 4.99 Å². The Labute approximate surface area is 156 Å². The van der Waals surface area contributed by atoms with Crippen LogP contribution in [0, 0.1) is 0 Å². The van der Waals surface area contributed by atoms with E-state index in [4.69, 9.17) is 4.74 Å². The van der Waals surface area contributed by atoms with Crippen LogP contribution in [0.4, 0.5) is 0 Å². The van der Waals surface area contributed by atoms with Crippen LogP contribution in [0.5, 0.6) is 5.75 Å². The van der Waals surface area contributed by atoms with E-state index < -0.39 is 0 Å². The quantitative estimate of drug-likeness (QED) is 0.229. The Kier molecular flexibility index (Phi) is 9.75. The van der Waals surface area contributed by atoms with Crippen molar-refractivity contribution in [3.05, 3.63) is 42.0 Å². The Hall–Kier alpha value is -1.24. The summed E-state index contributed by atoms with van der Waals surface area (Å²) in [6.45, 7) is 3.83. The molecule has 0 unspecified atom stereocenters. The summed E-state index contributed by atoms with van der Waals surface area (Å²) in [4.78, 5) is 4.67. The van der Waals surface area contributed by atoms with Crippen molar-refractivity contribution in [3.63, 3.8) is 0 Å². The molecular formula is C18H28IN3O. The molecule has 0 saturated heterocycles. The van der Waals surface area contributed by atoms with Crippen molar-refractivity contribution in [1.82, 2.24) is 10.6 Å². The first-order valence-corrected chi connectivity index (χ1v) is 8.14. The lowest BCUT2D eigenvalue weighted by molar-refractivity contribution is 0.414. The largest absolute Gasteiger partial charge is 0.497 e. The van der Waals surface area contributed by atoms with Crippen molar-refractivity contribution in [1.29, 1.82) is 0 Å². The predicted octanol–water partition coefficient (Wildman–Crippen LogP) is 3.52. The van der Waals surface area contributed by atoms with Gasteiger partial charge in [0, 0.05) is 19.1 Å². The van der Waals surface area contributed by atoms with E-state index in [0.29, 0.717) is 6.04 Å². The fourth-order valence-corrected chi connectivity index (χ4v) is 2.51. The van der Waals surface area contributed by atoms with E-state index in [1.165, 1.54) is 5.56 Å². The van der Waals surface area contributed by atoms with Crippen LogP contribution in [0.2, 0.25) is 0 Å². The summed E-state index contributed by atoms with van der Waals surface area (Å²) in [7, 11) is 1.69. The number of methoxy groups -OCH3 is 1. The number of hydrogen-bond acceptors (Lipinski definition) is 2. The number of aliphatic imine (C=N–C) groups is 1. The van der Waals surface area contributed by atoms with Crippen LogP contribution in [0.15, 0.2) is 41.4 Å². The second-order valence-corrected chi connectivity index (χ2v) is 5.50. The number of halogens is 1. The molecule has 1 aliphatic rings. The molecule has 128 valence electrons. The number of rotatable bonds is 7. The molecule has 0 heterocycles. The van der Waals surface area contributed by atoms with Crippen LogP contribution in [0.3, 0.4) is 0 Å². The first-order valence-electron chi connectivity index (χ1n) is 8.14. The van der Waals surface area contributed by atoms with Crippen LogP contribution in [-0.4, -0.2) is 32.2 Å². The van der Waals surface area contributed by atoms with Gasteiger partial charge in [-0.15, -0.1) is 24.0 Å². The monoisotopic (exact) mass is 429 g/mol. The zero-order valence-corrected chi connectivity index (χ0v) is 16.4. The van der Waals surface area contributed by atoms with E-state index in [2.05, 4.69) is 46.8 Å². The van der Waals surface area contributed by atoms with E-state index in [-0.39, 0.29) is 24.0 Å². The van der Waals surface area contributed by atoms with Gasteiger partial charge in [-0.2, -0.15) is 0 Å². The molecule has 0 aliphatic heterocycles. The average molecular weight is 429 g/mol. The van der Waals surface area contributed by atoms with Gasteiger partial charge in [0.1, 0.15) is 5.75 Å². The third kappa shape index (κ3) is 7.24. The van der Waals surface area contributed by atoms with E-state index in [1.807, 2.05) is 12.1 Å². The van der Waals surface area contributed by atoms with Crippen LogP contribution in [0.25, 0.3) is 0 Å². The molecule has 0 saturated carbocycles. The van der Waals surface area contributed by atoms with Crippen molar-refractivity contribution in [3.8, 4) is 5.75 Å². The summed E-state index contributed by atoms with van der Waals surface area (Å²) >= 11 is 0. The van der Waals surface area contributed by atoms with Crippen molar-refractivity contribution < 1.29 is 4.74 Å². The Morgan fingerprint density at radius 3 is 2.52 bits per heavy atom. The number of hydrogen-bond donors (Lipinski definition) is 2. The lowest BCUT2D eigenvalue weighted by Gasteiger charge is -2.16. The van der Waals surface area contributed by atoms with Gasteiger partial charge in [0.25, 0.3) is 0 Å². The molecular weight excluding hydrogens is 401 g/mol. The minimum absolute atomic E-state index is 0. The van der Waals surface area contributed by atoms with Crippen molar-refractivity contribution >= 4 is 29.9 Å².